The minimum absolute atomic E-state index is 0.173. The van der Waals surface area contributed by atoms with Gasteiger partial charge in [-0.25, -0.2) is 4.98 Å². The lowest BCUT2D eigenvalue weighted by atomic mass is 9.99. The van der Waals surface area contributed by atoms with E-state index in [1.165, 1.54) is 11.8 Å². The van der Waals surface area contributed by atoms with E-state index in [4.69, 9.17) is 17.2 Å². The van der Waals surface area contributed by atoms with Crippen molar-refractivity contribution in [3.05, 3.63) is 80.6 Å². The smallest absolute Gasteiger partial charge is 0.267 e. The molecule has 2 aliphatic rings. The molecule has 6 nitrogen and oxygen atoms in total. The lowest BCUT2D eigenvalue weighted by Gasteiger charge is -2.32. The molecule has 3 aromatic rings. The highest BCUT2D eigenvalue weighted by Gasteiger charge is 2.36. The van der Waals surface area contributed by atoms with Crippen LogP contribution in [-0.4, -0.2) is 37.6 Å². The third-order valence-corrected chi connectivity index (χ3v) is 8.25. The van der Waals surface area contributed by atoms with Crippen molar-refractivity contribution in [1.82, 2.24) is 14.3 Å². The predicted octanol–water partition coefficient (Wildman–Crippen LogP) is 5.20. The molecule has 0 spiro atoms. The Morgan fingerprint density at radius 1 is 1.11 bits per heavy atom. The van der Waals surface area contributed by atoms with Gasteiger partial charge in [0.25, 0.3) is 11.5 Å². The first-order valence-electron chi connectivity index (χ1n) is 11.9. The van der Waals surface area contributed by atoms with E-state index in [1.807, 2.05) is 56.3 Å². The number of hydrogen-bond donors (Lipinski definition) is 0. The van der Waals surface area contributed by atoms with E-state index in [1.54, 1.807) is 21.6 Å². The Kier molecular flexibility index (Phi) is 6.51. The molecule has 0 bridgehead atoms. The summed E-state index contributed by atoms with van der Waals surface area (Å²) in [6, 6.07) is 13.4. The van der Waals surface area contributed by atoms with E-state index in [2.05, 4.69) is 11.8 Å². The van der Waals surface area contributed by atoms with E-state index < -0.39 is 0 Å². The van der Waals surface area contributed by atoms with E-state index in [-0.39, 0.29) is 17.5 Å². The Morgan fingerprint density at radius 3 is 2.54 bits per heavy atom. The second-order valence-electron chi connectivity index (χ2n) is 9.35. The zero-order valence-electron chi connectivity index (χ0n) is 20.1. The van der Waals surface area contributed by atoms with Crippen molar-refractivity contribution in [2.75, 3.05) is 18.0 Å². The number of rotatable bonds is 4. The van der Waals surface area contributed by atoms with Gasteiger partial charge >= 0.3 is 0 Å². The predicted molar refractivity (Wildman–Crippen MR) is 147 cm³/mol. The summed E-state index contributed by atoms with van der Waals surface area (Å²) in [6.07, 6.45) is 5.53. The fourth-order valence-electron chi connectivity index (χ4n) is 4.71. The minimum atomic E-state index is -0.198. The molecule has 1 amide bonds. The molecule has 0 N–H and O–H groups in total. The van der Waals surface area contributed by atoms with Crippen LogP contribution in [0, 0.1) is 12.8 Å². The van der Waals surface area contributed by atoms with Crippen LogP contribution in [0.3, 0.4) is 0 Å². The molecule has 8 heteroatoms. The van der Waals surface area contributed by atoms with E-state index in [9.17, 15) is 9.59 Å². The molecule has 1 aromatic carbocycles. The molecule has 5 rings (SSSR count). The Bertz CT molecular complexity index is 1390. The number of thiocarbonyl (C=S) groups is 1. The average Bonchev–Trinajstić information content (AvgIpc) is 3.14. The fourth-order valence-corrected chi connectivity index (χ4v) is 6.11. The number of piperidine rings is 1. The van der Waals surface area contributed by atoms with E-state index >= 15 is 0 Å². The lowest BCUT2D eigenvalue weighted by Crippen LogP contribution is -2.36. The van der Waals surface area contributed by atoms with Crippen LogP contribution in [0.5, 0.6) is 0 Å². The van der Waals surface area contributed by atoms with Crippen LogP contribution in [0.25, 0.3) is 11.7 Å². The Morgan fingerprint density at radius 2 is 1.83 bits per heavy atom. The third-order valence-electron chi connectivity index (χ3n) is 6.92. The van der Waals surface area contributed by atoms with Gasteiger partial charge in [0.2, 0.25) is 0 Å². The summed E-state index contributed by atoms with van der Waals surface area (Å²) in [5.74, 6) is 1.12. The number of hydrogen-bond acceptors (Lipinski definition) is 6. The van der Waals surface area contributed by atoms with Gasteiger partial charge in [-0.15, -0.1) is 0 Å². The first kappa shape index (κ1) is 23.8. The van der Waals surface area contributed by atoms with Crippen LogP contribution >= 0.6 is 24.0 Å². The van der Waals surface area contributed by atoms with E-state index in [0.717, 1.165) is 37.1 Å². The van der Waals surface area contributed by atoms with Crippen molar-refractivity contribution in [2.45, 2.75) is 39.7 Å². The Labute approximate surface area is 214 Å². The van der Waals surface area contributed by atoms with Crippen molar-refractivity contribution in [3.63, 3.8) is 0 Å². The van der Waals surface area contributed by atoms with Gasteiger partial charge in [-0.1, -0.05) is 67.3 Å². The molecule has 180 valence electrons. The second kappa shape index (κ2) is 9.59. The van der Waals surface area contributed by atoms with Gasteiger partial charge in [0.15, 0.2) is 0 Å². The molecule has 1 unspecified atom stereocenters. The highest BCUT2D eigenvalue weighted by Crippen LogP contribution is 2.38. The maximum absolute atomic E-state index is 13.7. The Balaban J connectivity index is 1.60. The topological polar surface area (TPSA) is 57.9 Å². The summed E-state index contributed by atoms with van der Waals surface area (Å²) in [5.41, 5.74) is 2.86. The van der Waals surface area contributed by atoms with Gasteiger partial charge in [-0.3, -0.25) is 18.9 Å². The van der Waals surface area contributed by atoms with Crippen LogP contribution in [0.4, 0.5) is 5.82 Å². The molecule has 35 heavy (non-hydrogen) atoms. The van der Waals surface area contributed by atoms with Gasteiger partial charge in [-0.2, -0.15) is 0 Å². The summed E-state index contributed by atoms with van der Waals surface area (Å²) in [7, 11) is 0. The maximum atomic E-state index is 13.7. The van der Waals surface area contributed by atoms with Crippen molar-refractivity contribution in [2.24, 2.45) is 5.92 Å². The number of benzene rings is 1. The van der Waals surface area contributed by atoms with Gasteiger partial charge in [0.05, 0.1) is 16.5 Å². The molecule has 1 atom stereocenters. The normalized spacial score (nSPS) is 19.2. The summed E-state index contributed by atoms with van der Waals surface area (Å²) < 4.78 is 2.07. The molecule has 0 saturated carbocycles. The van der Waals surface area contributed by atoms with Gasteiger partial charge < -0.3 is 4.90 Å². The quantitative estimate of drug-likeness (QED) is 0.360. The van der Waals surface area contributed by atoms with Crippen LogP contribution < -0.4 is 10.5 Å². The monoisotopic (exact) mass is 504 g/mol. The average molecular weight is 505 g/mol. The van der Waals surface area contributed by atoms with Gasteiger partial charge in [0, 0.05) is 19.3 Å². The molecule has 4 heterocycles. The largest absolute Gasteiger partial charge is 0.356 e. The number of amides is 1. The second-order valence-corrected chi connectivity index (χ2v) is 11.0. The van der Waals surface area contributed by atoms with Crippen molar-refractivity contribution in [1.29, 1.82) is 0 Å². The molecule has 0 aliphatic carbocycles. The number of carbonyl (C=O) groups excluding carboxylic acids is 1. The molecule has 2 aliphatic heterocycles. The number of thioether (sulfide) groups is 1. The van der Waals surface area contributed by atoms with Crippen LogP contribution in [0.15, 0.2) is 58.4 Å². The number of aromatic nitrogens is 2. The number of pyridine rings is 1. The van der Waals surface area contributed by atoms with Crippen LogP contribution in [-0.2, 0) is 4.79 Å². The summed E-state index contributed by atoms with van der Waals surface area (Å²) in [6.45, 7) is 7.85. The maximum Gasteiger partial charge on any atom is 0.267 e. The first-order chi connectivity index (χ1) is 16.8. The molecule has 2 fully saturated rings. The summed E-state index contributed by atoms with van der Waals surface area (Å²) in [4.78, 5) is 36.4. The molecular formula is C27H28N4O2S2. The summed E-state index contributed by atoms with van der Waals surface area (Å²) in [5, 5.41) is 0. The first-order valence-corrected chi connectivity index (χ1v) is 13.2. The zero-order valence-corrected chi connectivity index (χ0v) is 21.7. The minimum Gasteiger partial charge on any atom is -0.356 e. The van der Waals surface area contributed by atoms with Crippen molar-refractivity contribution in [3.8, 4) is 0 Å². The van der Waals surface area contributed by atoms with Gasteiger partial charge in [-0.05, 0) is 55.9 Å². The Hall–Kier alpha value is -2.97. The zero-order chi connectivity index (χ0) is 24.7. The van der Waals surface area contributed by atoms with E-state index in [0.29, 0.717) is 32.2 Å². The number of nitrogens with zero attached hydrogens (tertiary/aromatic N) is 4. The fraction of sp³-hybridized carbons (Fsp3) is 0.333. The lowest BCUT2D eigenvalue weighted by molar-refractivity contribution is -0.123. The molecule has 2 saturated heterocycles. The SMILES string of the molecule is Cc1cccn2c(=O)c(/C=C3/SC(=S)N(C(C)c4ccccc4)C3=O)c(N3CCC(C)CC3)nc12. The van der Waals surface area contributed by atoms with Crippen LogP contribution in [0.1, 0.15) is 49.4 Å². The van der Waals surface area contributed by atoms with Gasteiger partial charge in [0.1, 0.15) is 15.8 Å². The van der Waals surface area contributed by atoms with Crippen LogP contribution in [0.2, 0.25) is 0 Å². The number of carbonyl (C=O) groups is 1. The highest BCUT2D eigenvalue weighted by molar-refractivity contribution is 8.26. The molecular weight excluding hydrogens is 476 g/mol. The molecule has 0 radical (unpaired) electrons. The summed E-state index contributed by atoms with van der Waals surface area (Å²) >= 11 is 6.85. The number of fused-ring (bicyclic) bond motifs is 1. The number of aryl methyl sites for hydroxylation is 1. The van der Waals surface area contributed by atoms with Crippen molar-refractivity contribution >= 4 is 51.7 Å². The van der Waals surface area contributed by atoms with Crippen molar-refractivity contribution < 1.29 is 4.79 Å². The number of anilines is 1. The standard InChI is InChI=1S/C27H28N4O2S2/c1-17-11-14-29(15-12-17)24-21(25(32)30-13-7-8-18(2)23(30)28-24)16-22-26(33)31(27(34)35-22)19(3)20-9-5-4-6-10-20/h4-10,13,16-17,19H,11-12,14-15H2,1-3H3/b22-16+. The third kappa shape index (κ3) is 4.41. The molecule has 2 aromatic heterocycles. The highest BCUT2D eigenvalue weighted by atomic mass is 32.2.